The number of carbonyl (C=O) groups excluding carboxylic acids is 2. The molecule has 0 radical (unpaired) electrons. The summed E-state index contributed by atoms with van der Waals surface area (Å²) < 4.78 is 6.83. The summed E-state index contributed by atoms with van der Waals surface area (Å²) in [6, 6.07) is 3.60. The number of nitrogens with zero attached hydrogens (tertiary/aromatic N) is 4. The van der Waals surface area contributed by atoms with E-state index in [2.05, 4.69) is 20.4 Å². The number of ether oxygens (including phenoxy) is 1. The summed E-state index contributed by atoms with van der Waals surface area (Å²) in [4.78, 5) is 32.5. The molecular weight excluding hydrogens is 380 g/mol. The van der Waals surface area contributed by atoms with Gasteiger partial charge in [0.1, 0.15) is 12.1 Å². The number of fused-ring (bicyclic) bond motifs is 3. The van der Waals surface area contributed by atoms with E-state index >= 15 is 0 Å². The fourth-order valence-electron chi connectivity index (χ4n) is 2.75. The van der Waals surface area contributed by atoms with E-state index in [0.717, 1.165) is 5.39 Å². The lowest BCUT2D eigenvalue weighted by Crippen LogP contribution is -2.41. The van der Waals surface area contributed by atoms with Crippen molar-refractivity contribution in [2.24, 2.45) is 5.73 Å². The number of rotatable bonds is 5. The van der Waals surface area contributed by atoms with Gasteiger partial charge in [-0.25, -0.2) is 14.8 Å². The second-order valence-corrected chi connectivity index (χ2v) is 7.98. The molecule has 0 fully saturated rings. The number of benzene rings is 1. The number of amides is 2. The second kappa shape index (κ2) is 7.63. The average Bonchev–Trinajstić information content (AvgIpc) is 2.99. The van der Waals surface area contributed by atoms with Crippen molar-refractivity contribution in [2.75, 3.05) is 12.9 Å². The number of thioether (sulfide) groups is 1. The molecule has 0 bridgehead atoms. The molecule has 2 aromatic heterocycles. The maximum atomic E-state index is 11.9. The first kappa shape index (κ1) is 19.9. The maximum Gasteiger partial charge on any atom is 0.407 e. The molecule has 0 saturated carbocycles. The van der Waals surface area contributed by atoms with Crippen LogP contribution in [0.5, 0.6) is 0 Å². The molecule has 10 heteroatoms. The lowest BCUT2D eigenvalue weighted by atomic mass is 10.1. The van der Waals surface area contributed by atoms with Crippen LogP contribution in [0.25, 0.3) is 21.8 Å². The molecule has 9 nitrogen and oxygen atoms in total. The van der Waals surface area contributed by atoms with Gasteiger partial charge in [0.2, 0.25) is 0 Å². The summed E-state index contributed by atoms with van der Waals surface area (Å²) >= 11 is 1.42. The normalized spacial score (nSPS) is 11.7. The van der Waals surface area contributed by atoms with E-state index < -0.39 is 17.5 Å². The number of hydrogen-bond donors (Lipinski definition) is 2. The smallest absolute Gasteiger partial charge is 0.407 e. The zero-order chi connectivity index (χ0) is 20.5. The van der Waals surface area contributed by atoms with Crippen molar-refractivity contribution in [1.82, 2.24) is 25.1 Å². The van der Waals surface area contributed by atoms with Crippen LogP contribution in [0.4, 0.5) is 4.79 Å². The Balaban J connectivity index is 1.97. The molecule has 3 aromatic rings. The van der Waals surface area contributed by atoms with E-state index in [1.54, 1.807) is 16.9 Å². The number of nitrogens with two attached hydrogens (primary N) is 1. The molecular formula is C18H22N6O3S. The molecule has 0 unspecified atom stereocenters. The molecule has 0 aliphatic heterocycles. The van der Waals surface area contributed by atoms with Gasteiger partial charge in [-0.1, -0.05) is 17.8 Å². The third-order valence-electron chi connectivity index (χ3n) is 3.87. The van der Waals surface area contributed by atoms with Crippen LogP contribution in [0.1, 0.15) is 31.3 Å². The highest BCUT2D eigenvalue weighted by Gasteiger charge is 2.19. The Morgan fingerprint density at radius 1 is 1.32 bits per heavy atom. The zero-order valence-corrected chi connectivity index (χ0v) is 17.0. The number of hydrogen-bond acceptors (Lipinski definition) is 7. The summed E-state index contributed by atoms with van der Waals surface area (Å²) in [7, 11) is 0. The maximum absolute atomic E-state index is 11.9. The van der Waals surface area contributed by atoms with Crippen LogP contribution in [-0.4, -0.2) is 50.2 Å². The van der Waals surface area contributed by atoms with Gasteiger partial charge in [0.15, 0.2) is 10.9 Å². The summed E-state index contributed by atoms with van der Waals surface area (Å²) in [6.45, 7) is 5.92. The predicted octanol–water partition coefficient (Wildman–Crippen LogP) is 2.33. The van der Waals surface area contributed by atoms with Crippen molar-refractivity contribution in [3.05, 3.63) is 24.0 Å². The van der Waals surface area contributed by atoms with Gasteiger partial charge >= 0.3 is 6.09 Å². The monoisotopic (exact) mass is 402 g/mol. The summed E-state index contributed by atoms with van der Waals surface area (Å²) in [5.74, 6) is -0.631. The first-order valence-electron chi connectivity index (χ1n) is 8.64. The Labute approximate surface area is 166 Å². The summed E-state index contributed by atoms with van der Waals surface area (Å²) in [6.07, 6.45) is 3.09. The van der Waals surface area contributed by atoms with Crippen LogP contribution in [-0.2, 0) is 11.3 Å². The van der Waals surface area contributed by atoms with Gasteiger partial charge in [0.25, 0.3) is 5.91 Å². The molecule has 0 aliphatic carbocycles. The Kier molecular flexibility index (Phi) is 5.41. The summed E-state index contributed by atoms with van der Waals surface area (Å²) in [5.41, 5.74) is 6.57. The van der Waals surface area contributed by atoms with Crippen molar-refractivity contribution in [1.29, 1.82) is 0 Å². The zero-order valence-electron chi connectivity index (χ0n) is 16.1. The third-order valence-corrected chi connectivity index (χ3v) is 4.43. The number of aromatic nitrogens is 4. The Morgan fingerprint density at radius 2 is 2.07 bits per heavy atom. The Hall–Kier alpha value is -2.88. The highest BCUT2D eigenvalue weighted by molar-refractivity contribution is 7.98. The molecule has 1 aromatic carbocycles. The number of nitrogens with one attached hydrogen (secondary N) is 1. The van der Waals surface area contributed by atoms with Gasteiger partial charge in [0, 0.05) is 22.5 Å². The lowest BCUT2D eigenvalue weighted by Gasteiger charge is -2.19. The number of alkyl carbamates (subject to hydrolysis) is 1. The molecule has 2 heterocycles. The largest absolute Gasteiger partial charge is 0.448 e. The first-order valence-corrected chi connectivity index (χ1v) is 9.87. The molecule has 3 N–H and O–H groups in total. The lowest BCUT2D eigenvalue weighted by molar-refractivity contribution is 0.0994. The average molecular weight is 402 g/mol. The third kappa shape index (κ3) is 4.16. The van der Waals surface area contributed by atoms with E-state index in [-0.39, 0.29) is 18.8 Å². The Morgan fingerprint density at radius 3 is 2.71 bits per heavy atom. The van der Waals surface area contributed by atoms with Gasteiger partial charge < -0.3 is 15.8 Å². The van der Waals surface area contributed by atoms with E-state index in [0.29, 0.717) is 21.6 Å². The minimum Gasteiger partial charge on any atom is -0.448 e. The second-order valence-electron chi connectivity index (χ2n) is 7.20. The predicted molar refractivity (Wildman–Crippen MR) is 107 cm³/mol. The van der Waals surface area contributed by atoms with Crippen LogP contribution in [0.3, 0.4) is 0 Å². The van der Waals surface area contributed by atoms with Gasteiger partial charge in [-0.05, 0) is 33.1 Å². The van der Waals surface area contributed by atoms with Crippen molar-refractivity contribution in [3.8, 4) is 0 Å². The van der Waals surface area contributed by atoms with Crippen molar-refractivity contribution >= 4 is 45.6 Å². The standard InChI is InChI=1S/C18H22N6O3S/c1-18(2,3)22-17(26)27-8-7-24-14-11(13(23-24)15(19)25)6-5-10-9-20-16(28-4)21-12(10)14/h5-6,9H,7-8H2,1-4H3,(H2,19,25)(H,22,26). The van der Waals surface area contributed by atoms with Crippen molar-refractivity contribution in [3.63, 3.8) is 0 Å². The van der Waals surface area contributed by atoms with Gasteiger partial charge in [-0.2, -0.15) is 5.10 Å². The highest BCUT2D eigenvalue weighted by Crippen LogP contribution is 2.27. The molecule has 0 aliphatic rings. The summed E-state index contributed by atoms with van der Waals surface area (Å²) in [5, 5.41) is 9.07. The minimum atomic E-state index is -0.631. The highest BCUT2D eigenvalue weighted by atomic mass is 32.2. The molecule has 0 atom stereocenters. The van der Waals surface area contributed by atoms with Crippen LogP contribution < -0.4 is 11.1 Å². The Bertz CT molecular complexity index is 1060. The van der Waals surface area contributed by atoms with E-state index in [1.165, 1.54) is 11.8 Å². The van der Waals surface area contributed by atoms with Crippen LogP contribution in [0.15, 0.2) is 23.5 Å². The first-order chi connectivity index (χ1) is 13.2. The minimum absolute atomic E-state index is 0.0771. The van der Waals surface area contributed by atoms with E-state index in [9.17, 15) is 9.59 Å². The van der Waals surface area contributed by atoms with Crippen LogP contribution in [0.2, 0.25) is 0 Å². The number of carbonyl (C=O) groups is 2. The molecule has 3 rings (SSSR count). The van der Waals surface area contributed by atoms with E-state index in [1.807, 2.05) is 33.1 Å². The molecule has 0 saturated heterocycles. The fraction of sp³-hybridized carbons (Fsp3) is 0.389. The molecule has 2 amide bonds. The number of primary amides is 1. The van der Waals surface area contributed by atoms with Crippen molar-refractivity contribution in [2.45, 2.75) is 38.0 Å². The SMILES string of the molecule is CSc1ncc2ccc3c(C(N)=O)nn(CCOC(=O)NC(C)(C)C)c3c2n1. The van der Waals surface area contributed by atoms with Crippen LogP contribution >= 0.6 is 11.8 Å². The quantitative estimate of drug-likeness (QED) is 0.495. The topological polar surface area (TPSA) is 125 Å². The van der Waals surface area contributed by atoms with Crippen molar-refractivity contribution < 1.29 is 14.3 Å². The molecule has 0 spiro atoms. The van der Waals surface area contributed by atoms with Gasteiger partial charge in [0.05, 0.1) is 12.1 Å². The van der Waals surface area contributed by atoms with Gasteiger partial charge in [-0.3, -0.25) is 9.48 Å². The fourth-order valence-corrected chi connectivity index (χ4v) is 3.09. The van der Waals surface area contributed by atoms with Crippen LogP contribution in [0, 0.1) is 0 Å². The van der Waals surface area contributed by atoms with Gasteiger partial charge in [-0.15, -0.1) is 0 Å². The molecule has 28 heavy (non-hydrogen) atoms. The molecule has 148 valence electrons. The van der Waals surface area contributed by atoms with E-state index in [4.69, 9.17) is 10.5 Å².